The number of anilines is 1. The predicted octanol–water partition coefficient (Wildman–Crippen LogP) is 6.24. The van der Waals surface area contributed by atoms with Crippen LogP contribution >= 0.6 is 11.6 Å². The summed E-state index contributed by atoms with van der Waals surface area (Å²) >= 11 is 5.69. The van der Waals surface area contributed by atoms with E-state index < -0.39 is 17.1 Å². The Bertz CT molecular complexity index is 992. The van der Waals surface area contributed by atoms with Crippen LogP contribution in [0.15, 0.2) is 30.3 Å². The highest BCUT2D eigenvalue weighted by atomic mass is 35.5. The smallest absolute Gasteiger partial charge is 0.266 e. The van der Waals surface area contributed by atoms with E-state index in [0.717, 1.165) is 11.1 Å². The summed E-state index contributed by atoms with van der Waals surface area (Å²) in [5.74, 6) is -0.359. The van der Waals surface area contributed by atoms with Crippen molar-refractivity contribution in [1.82, 2.24) is 0 Å². The van der Waals surface area contributed by atoms with Crippen LogP contribution in [0.1, 0.15) is 107 Å². The third-order valence-electron chi connectivity index (χ3n) is 5.45. The van der Waals surface area contributed by atoms with Gasteiger partial charge >= 0.3 is 0 Å². The van der Waals surface area contributed by atoms with Crippen molar-refractivity contribution in [3.63, 3.8) is 0 Å². The van der Waals surface area contributed by atoms with Gasteiger partial charge in [-0.05, 0) is 58.2 Å². The molecule has 152 valence electrons. The lowest BCUT2D eigenvalue weighted by Gasteiger charge is -2.27. The molecular weight excluding hydrogens is 386 g/mol. The maximum atomic E-state index is 13.4. The molecule has 5 heteroatoms. The fourth-order valence-electron chi connectivity index (χ4n) is 3.83. The van der Waals surface area contributed by atoms with E-state index in [4.69, 9.17) is 11.6 Å². The van der Waals surface area contributed by atoms with E-state index in [9.17, 15) is 14.4 Å². The van der Waals surface area contributed by atoms with Crippen LogP contribution in [0.3, 0.4) is 0 Å². The van der Waals surface area contributed by atoms with E-state index >= 15 is 0 Å². The molecule has 2 amide bonds. The van der Waals surface area contributed by atoms with Crippen LogP contribution in [-0.4, -0.2) is 17.1 Å². The molecule has 0 bridgehead atoms. The molecule has 1 heterocycles. The zero-order chi connectivity index (χ0) is 21.6. The summed E-state index contributed by atoms with van der Waals surface area (Å²) in [6.07, 6.45) is 0. The molecule has 0 aromatic heterocycles. The van der Waals surface area contributed by atoms with Crippen molar-refractivity contribution in [2.45, 2.75) is 59.3 Å². The Hall–Kier alpha value is -2.46. The number of hydrogen-bond acceptors (Lipinski definition) is 3. The summed E-state index contributed by atoms with van der Waals surface area (Å²) in [4.78, 5) is 39.8. The van der Waals surface area contributed by atoms with Crippen molar-refractivity contribution >= 4 is 34.3 Å². The van der Waals surface area contributed by atoms with E-state index in [1.54, 1.807) is 12.1 Å². The monoisotopic (exact) mass is 411 g/mol. The summed E-state index contributed by atoms with van der Waals surface area (Å²) < 4.78 is 0. The van der Waals surface area contributed by atoms with Gasteiger partial charge in [-0.15, -0.1) is 0 Å². The second-order valence-corrected chi connectivity index (χ2v) is 8.80. The zero-order valence-corrected chi connectivity index (χ0v) is 18.4. The van der Waals surface area contributed by atoms with Crippen LogP contribution in [-0.2, 0) is 0 Å². The lowest BCUT2D eigenvalue weighted by Crippen LogP contribution is -2.32. The zero-order valence-electron chi connectivity index (χ0n) is 17.7. The Kier molecular flexibility index (Phi) is 5.68. The minimum atomic E-state index is -0.742. The molecule has 2 aromatic carbocycles. The largest absolute Gasteiger partial charge is 0.276 e. The molecule has 29 heavy (non-hydrogen) atoms. The number of halogens is 1. The SMILES string of the molecule is CC(C)c1cc(C(C)C)c(N2C(=O)c3cccc(C(=O)Cl)c3C2=O)c(C(C)C)c1. The van der Waals surface area contributed by atoms with E-state index in [-0.39, 0.29) is 28.5 Å². The molecule has 0 radical (unpaired) electrons. The lowest BCUT2D eigenvalue weighted by molar-refractivity contribution is 0.0922. The fourth-order valence-corrected chi connectivity index (χ4v) is 3.99. The maximum Gasteiger partial charge on any atom is 0.266 e. The van der Waals surface area contributed by atoms with Gasteiger partial charge in [-0.25, -0.2) is 4.90 Å². The molecule has 0 aliphatic carbocycles. The number of hydrogen-bond donors (Lipinski definition) is 0. The van der Waals surface area contributed by atoms with Gasteiger partial charge in [0.15, 0.2) is 0 Å². The average molecular weight is 412 g/mol. The molecule has 2 aromatic rings. The van der Waals surface area contributed by atoms with E-state index in [1.807, 2.05) is 0 Å². The first-order valence-corrected chi connectivity index (χ1v) is 10.3. The van der Waals surface area contributed by atoms with Crippen LogP contribution in [0.2, 0.25) is 0 Å². The molecule has 0 N–H and O–H groups in total. The van der Waals surface area contributed by atoms with Gasteiger partial charge in [0.05, 0.1) is 16.8 Å². The third kappa shape index (κ3) is 3.51. The van der Waals surface area contributed by atoms with Crippen molar-refractivity contribution in [2.75, 3.05) is 4.90 Å². The van der Waals surface area contributed by atoms with Crippen LogP contribution in [0.25, 0.3) is 0 Å². The van der Waals surface area contributed by atoms with Crippen molar-refractivity contribution in [2.24, 2.45) is 0 Å². The second-order valence-electron chi connectivity index (χ2n) is 8.46. The lowest BCUT2D eigenvalue weighted by atomic mass is 9.87. The summed E-state index contributed by atoms with van der Waals surface area (Å²) in [5.41, 5.74) is 4.10. The summed E-state index contributed by atoms with van der Waals surface area (Å²) in [7, 11) is 0. The average Bonchev–Trinajstić information content (AvgIpc) is 2.90. The quantitative estimate of drug-likeness (QED) is 0.432. The highest BCUT2D eigenvalue weighted by Gasteiger charge is 2.41. The molecule has 1 aliphatic heterocycles. The molecule has 3 rings (SSSR count). The van der Waals surface area contributed by atoms with Crippen LogP contribution in [0, 0.1) is 0 Å². The molecule has 0 spiro atoms. The standard InChI is InChI=1S/C24H26ClNO3/c1-12(2)15-10-18(13(3)4)21(19(11-15)14(5)6)26-23(28)17-9-7-8-16(22(25)27)20(17)24(26)29/h7-14H,1-6H3. The van der Waals surface area contributed by atoms with Crippen molar-refractivity contribution in [1.29, 1.82) is 0 Å². The Morgan fingerprint density at radius 1 is 0.862 bits per heavy atom. The summed E-state index contributed by atoms with van der Waals surface area (Å²) in [6, 6.07) is 8.82. The molecule has 0 saturated heterocycles. The Balaban J connectivity index is 2.31. The number of carbonyl (C=O) groups excluding carboxylic acids is 3. The molecule has 0 fully saturated rings. The molecular formula is C24H26ClNO3. The molecule has 4 nitrogen and oxygen atoms in total. The predicted molar refractivity (Wildman–Crippen MR) is 116 cm³/mol. The van der Waals surface area contributed by atoms with Crippen LogP contribution in [0.5, 0.6) is 0 Å². The first kappa shape index (κ1) is 21.3. The van der Waals surface area contributed by atoms with Gasteiger partial charge < -0.3 is 0 Å². The van der Waals surface area contributed by atoms with Crippen molar-refractivity contribution < 1.29 is 14.4 Å². The van der Waals surface area contributed by atoms with Gasteiger partial charge in [0.2, 0.25) is 0 Å². The molecule has 1 aliphatic rings. The van der Waals surface area contributed by atoms with Crippen molar-refractivity contribution in [3.05, 3.63) is 63.7 Å². The van der Waals surface area contributed by atoms with E-state index in [1.165, 1.54) is 16.5 Å². The summed E-state index contributed by atoms with van der Waals surface area (Å²) in [5, 5.41) is -0.742. The Morgan fingerprint density at radius 3 is 1.86 bits per heavy atom. The topological polar surface area (TPSA) is 54.5 Å². The van der Waals surface area contributed by atoms with Crippen LogP contribution in [0.4, 0.5) is 5.69 Å². The van der Waals surface area contributed by atoms with Crippen molar-refractivity contribution in [3.8, 4) is 0 Å². The number of fused-ring (bicyclic) bond motifs is 1. The van der Waals surface area contributed by atoms with Crippen LogP contribution < -0.4 is 4.90 Å². The number of imide groups is 1. The van der Waals surface area contributed by atoms with E-state index in [0.29, 0.717) is 11.6 Å². The number of benzene rings is 2. The minimum Gasteiger partial charge on any atom is -0.276 e. The first-order valence-electron chi connectivity index (χ1n) is 9.95. The second kappa shape index (κ2) is 7.75. The van der Waals surface area contributed by atoms with Gasteiger partial charge in [0.25, 0.3) is 17.1 Å². The number of carbonyl (C=O) groups is 3. The Morgan fingerprint density at radius 2 is 1.41 bits per heavy atom. The highest BCUT2D eigenvalue weighted by molar-refractivity contribution is 6.68. The fraction of sp³-hybridized carbons (Fsp3) is 0.375. The maximum absolute atomic E-state index is 13.4. The molecule has 0 atom stereocenters. The molecule has 0 unspecified atom stereocenters. The summed E-state index contributed by atoms with van der Waals surface area (Å²) in [6.45, 7) is 12.5. The minimum absolute atomic E-state index is 0.0704. The van der Waals surface area contributed by atoms with E-state index in [2.05, 4.69) is 53.7 Å². The third-order valence-corrected chi connectivity index (χ3v) is 5.66. The molecule has 0 saturated carbocycles. The van der Waals surface area contributed by atoms with Gasteiger partial charge in [0.1, 0.15) is 0 Å². The first-order chi connectivity index (χ1) is 13.6. The van der Waals surface area contributed by atoms with Gasteiger partial charge in [-0.2, -0.15) is 0 Å². The van der Waals surface area contributed by atoms with Gasteiger partial charge in [-0.3, -0.25) is 14.4 Å². The highest BCUT2D eigenvalue weighted by Crippen LogP contribution is 2.42. The van der Waals surface area contributed by atoms with Gasteiger partial charge in [0, 0.05) is 5.56 Å². The number of nitrogens with zero attached hydrogens (tertiary/aromatic N) is 1. The Labute approximate surface area is 176 Å². The van der Waals surface area contributed by atoms with Gasteiger partial charge in [-0.1, -0.05) is 59.7 Å². The normalized spacial score (nSPS) is 13.8. The number of amides is 2. The number of rotatable bonds is 5.